The zero-order valence-corrected chi connectivity index (χ0v) is 18.2. The average Bonchev–Trinajstić information content (AvgIpc) is 3.48. The minimum Gasteiger partial charge on any atom is -0.408 e. The van der Waals surface area contributed by atoms with Crippen LogP contribution in [0.4, 0.5) is 0 Å². The molecule has 0 spiro atoms. The Bertz CT molecular complexity index is 1080. The van der Waals surface area contributed by atoms with E-state index in [9.17, 15) is 18.0 Å². The average molecular weight is 436 g/mol. The highest BCUT2D eigenvalue weighted by Gasteiger charge is 2.28. The first-order chi connectivity index (χ1) is 14.4. The van der Waals surface area contributed by atoms with E-state index in [2.05, 4.69) is 0 Å². The van der Waals surface area contributed by atoms with Gasteiger partial charge in [-0.15, -0.1) is 0 Å². The van der Waals surface area contributed by atoms with Crippen molar-refractivity contribution in [2.24, 2.45) is 0 Å². The topological polar surface area (TPSA) is 92.8 Å². The highest BCUT2D eigenvalue weighted by Crippen LogP contribution is 2.26. The lowest BCUT2D eigenvalue weighted by molar-refractivity contribution is -0.133. The van der Waals surface area contributed by atoms with Crippen molar-refractivity contribution in [2.45, 2.75) is 69.4 Å². The predicted octanol–water partition coefficient (Wildman–Crippen LogP) is 2.56. The van der Waals surface area contributed by atoms with Gasteiger partial charge in [-0.05, 0) is 44.7 Å². The van der Waals surface area contributed by atoms with Crippen molar-refractivity contribution < 1.29 is 17.6 Å². The Labute approximate surface area is 176 Å². The van der Waals surface area contributed by atoms with Gasteiger partial charge in [0.25, 0.3) is 0 Å². The molecule has 8 nitrogen and oxygen atoms in total. The van der Waals surface area contributed by atoms with Gasteiger partial charge < -0.3 is 9.32 Å². The highest BCUT2D eigenvalue weighted by atomic mass is 32.2. The van der Waals surface area contributed by atoms with Gasteiger partial charge in [0.2, 0.25) is 15.9 Å². The summed E-state index contributed by atoms with van der Waals surface area (Å²) in [5.41, 5.74) is 0.743. The summed E-state index contributed by atoms with van der Waals surface area (Å²) in [6.07, 6.45) is 6.33. The van der Waals surface area contributed by atoms with Crippen LogP contribution in [0.3, 0.4) is 0 Å². The Morgan fingerprint density at radius 3 is 2.53 bits per heavy atom. The van der Waals surface area contributed by atoms with Crippen LogP contribution in [0.1, 0.15) is 51.9 Å². The lowest BCUT2D eigenvalue weighted by Crippen LogP contribution is -2.39. The van der Waals surface area contributed by atoms with Crippen LogP contribution in [-0.2, 0) is 21.4 Å². The van der Waals surface area contributed by atoms with Gasteiger partial charge in [-0.25, -0.2) is 13.2 Å². The molecule has 0 N–H and O–H groups in total. The number of hydrogen-bond donors (Lipinski definition) is 0. The van der Waals surface area contributed by atoms with E-state index in [0.717, 1.165) is 38.5 Å². The van der Waals surface area contributed by atoms with E-state index in [1.807, 2.05) is 11.8 Å². The molecule has 30 heavy (non-hydrogen) atoms. The van der Waals surface area contributed by atoms with Gasteiger partial charge in [-0.1, -0.05) is 12.8 Å². The molecule has 0 atom stereocenters. The fourth-order valence-electron chi connectivity index (χ4n) is 4.70. The van der Waals surface area contributed by atoms with E-state index in [1.165, 1.54) is 21.0 Å². The number of aryl methyl sites for hydroxylation is 1. The summed E-state index contributed by atoms with van der Waals surface area (Å²) < 4.78 is 33.7. The molecule has 1 aromatic heterocycles. The molecule has 9 heteroatoms. The van der Waals surface area contributed by atoms with Crippen molar-refractivity contribution in [3.05, 3.63) is 28.7 Å². The number of benzene rings is 1. The van der Waals surface area contributed by atoms with Crippen molar-refractivity contribution in [2.75, 3.05) is 19.6 Å². The Kier molecular flexibility index (Phi) is 6.02. The molecule has 0 unspecified atom stereocenters. The van der Waals surface area contributed by atoms with E-state index in [4.69, 9.17) is 4.42 Å². The smallest absolute Gasteiger partial charge is 0.408 e. The second-order valence-electron chi connectivity index (χ2n) is 8.13. The molecule has 1 saturated carbocycles. The fraction of sp³-hybridized carbons (Fsp3) is 0.619. The molecule has 4 rings (SSSR count). The van der Waals surface area contributed by atoms with Crippen LogP contribution < -0.4 is 5.76 Å². The predicted molar refractivity (Wildman–Crippen MR) is 113 cm³/mol. The largest absolute Gasteiger partial charge is 0.419 e. The molecule has 1 aliphatic heterocycles. The van der Waals surface area contributed by atoms with E-state index in [1.54, 1.807) is 6.07 Å². The minimum absolute atomic E-state index is 0.0406. The van der Waals surface area contributed by atoms with Gasteiger partial charge in [-0.2, -0.15) is 4.31 Å². The first kappa shape index (κ1) is 21.1. The van der Waals surface area contributed by atoms with Gasteiger partial charge in [0.15, 0.2) is 5.58 Å². The first-order valence-corrected chi connectivity index (χ1v) is 12.3. The van der Waals surface area contributed by atoms with Crippen molar-refractivity contribution in [1.29, 1.82) is 0 Å². The number of hydrogen-bond acceptors (Lipinski definition) is 5. The summed E-state index contributed by atoms with van der Waals surface area (Å²) in [5, 5.41) is 0. The second-order valence-corrected chi connectivity index (χ2v) is 10.1. The summed E-state index contributed by atoms with van der Waals surface area (Å²) in [6.45, 7) is 3.90. The number of oxazole rings is 1. The third-order valence-electron chi connectivity index (χ3n) is 6.32. The van der Waals surface area contributed by atoms with Gasteiger partial charge in [0.1, 0.15) is 0 Å². The number of rotatable bonds is 7. The van der Waals surface area contributed by atoms with E-state index in [0.29, 0.717) is 31.2 Å². The van der Waals surface area contributed by atoms with Crippen LogP contribution in [0.25, 0.3) is 11.1 Å². The summed E-state index contributed by atoms with van der Waals surface area (Å²) in [4.78, 5) is 27.2. The fourth-order valence-corrected chi connectivity index (χ4v) is 6.23. The molecule has 1 amide bonds. The molecular formula is C21H29N3O5S. The maximum Gasteiger partial charge on any atom is 0.419 e. The van der Waals surface area contributed by atoms with E-state index in [-0.39, 0.29) is 29.4 Å². The summed E-state index contributed by atoms with van der Waals surface area (Å²) >= 11 is 0. The number of sulfonamides is 1. The molecule has 0 bridgehead atoms. The quantitative estimate of drug-likeness (QED) is 0.666. The number of nitrogens with zero attached hydrogens (tertiary/aromatic N) is 3. The summed E-state index contributed by atoms with van der Waals surface area (Å²) in [5.74, 6) is -0.531. The maximum absolute atomic E-state index is 12.8. The Morgan fingerprint density at radius 2 is 1.87 bits per heavy atom. The first-order valence-electron chi connectivity index (χ1n) is 10.8. The molecule has 1 aromatic carbocycles. The van der Waals surface area contributed by atoms with Crippen LogP contribution in [0.2, 0.25) is 0 Å². The third-order valence-corrected chi connectivity index (χ3v) is 8.21. The molecule has 2 aromatic rings. The summed E-state index contributed by atoms with van der Waals surface area (Å²) in [7, 11) is -3.58. The molecule has 2 aliphatic rings. The van der Waals surface area contributed by atoms with E-state index < -0.39 is 15.8 Å². The number of fused-ring (bicyclic) bond motifs is 1. The zero-order valence-electron chi connectivity index (χ0n) is 17.4. The second kappa shape index (κ2) is 8.55. The van der Waals surface area contributed by atoms with Crippen LogP contribution in [0.15, 0.2) is 32.3 Å². The molecule has 2 heterocycles. The van der Waals surface area contributed by atoms with Crippen molar-refractivity contribution in [1.82, 2.24) is 13.8 Å². The van der Waals surface area contributed by atoms with Gasteiger partial charge in [0.05, 0.1) is 10.4 Å². The van der Waals surface area contributed by atoms with Crippen molar-refractivity contribution >= 4 is 27.0 Å². The lowest BCUT2D eigenvalue weighted by Gasteiger charge is -2.27. The van der Waals surface area contributed by atoms with Crippen LogP contribution in [0.5, 0.6) is 0 Å². The van der Waals surface area contributed by atoms with Crippen molar-refractivity contribution in [3.8, 4) is 0 Å². The number of carbonyl (C=O) groups excluding carboxylic acids is 1. The van der Waals surface area contributed by atoms with Crippen LogP contribution in [-0.4, -0.2) is 53.8 Å². The molecular weight excluding hydrogens is 406 g/mol. The zero-order chi connectivity index (χ0) is 21.3. The van der Waals surface area contributed by atoms with E-state index >= 15 is 0 Å². The van der Waals surface area contributed by atoms with Crippen LogP contribution in [0, 0.1) is 0 Å². The molecule has 1 saturated heterocycles. The van der Waals surface area contributed by atoms with Crippen LogP contribution >= 0.6 is 0 Å². The lowest BCUT2D eigenvalue weighted by atomic mass is 10.2. The third kappa shape index (κ3) is 3.92. The highest BCUT2D eigenvalue weighted by molar-refractivity contribution is 7.89. The maximum atomic E-state index is 12.8. The monoisotopic (exact) mass is 435 g/mol. The molecule has 0 radical (unpaired) electrons. The molecule has 1 aliphatic carbocycles. The number of amides is 1. The van der Waals surface area contributed by atoms with Gasteiger partial charge >= 0.3 is 5.76 Å². The molecule has 164 valence electrons. The van der Waals surface area contributed by atoms with Crippen molar-refractivity contribution in [3.63, 3.8) is 0 Å². The Hall–Kier alpha value is -2.13. The normalized spacial score (nSPS) is 18.4. The Balaban J connectivity index is 1.53. The SMILES string of the molecule is CCN(C(=O)CCn1c(=O)oc2cc(S(=O)(=O)N3CCCC3)ccc21)C1CCCC1. The van der Waals surface area contributed by atoms with Gasteiger partial charge in [-0.3, -0.25) is 9.36 Å². The van der Waals surface area contributed by atoms with Gasteiger partial charge in [0, 0.05) is 44.7 Å². The standard InChI is InChI=1S/C21H29N3O5S/c1-2-23(16-7-3-4-8-16)20(25)11-14-24-18-10-9-17(15-19(18)29-21(24)26)30(27,28)22-12-5-6-13-22/h9-10,15-16H,2-8,11-14H2,1H3. The Morgan fingerprint density at radius 1 is 1.17 bits per heavy atom. The number of aromatic nitrogens is 1. The minimum atomic E-state index is -3.58. The molecule has 2 fully saturated rings. The number of carbonyl (C=O) groups is 1. The summed E-state index contributed by atoms with van der Waals surface area (Å²) in [6, 6.07) is 4.83.